The molecule has 1 nitrogen and oxygen atoms in total. The van der Waals surface area contributed by atoms with Gasteiger partial charge in [-0.05, 0) is 5.56 Å². The van der Waals surface area contributed by atoms with Crippen molar-refractivity contribution in [2.45, 2.75) is 6.42 Å². The van der Waals surface area contributed by atoms with Gasteiger partial charge in [0.2, 0.25) is 0 Å². The summed E-state index contributed by atoms with van der Waals surface area (Å²) in [7, 11) is 0. The molecule has 1 rings (SSSR count). The molecule has 0 saturated heterocycles. The SMILES string of the molecule is O=CCc1ccccc1.[KH]. The van der Waals surface area contributed by atoms with E-state index in [0.717, 1.165) is 11.8 Å². The molecule has 0 saturated carbocycles. The first kappa shape index (κ1) is 10.5. The molecule has 0 aliphatic carbocycles. The van der Waals surface area contributed by atoms with Crippen LogP contribution in [0.5, 0.6) is 0 Å². The van der Waals surface area contributed by atoms with Gasteiger partial charge in [-0.1, -0.05) is 30.3 Å². The Labute approximate surface area is 103 Å². The molecule has 0 aromatic heterocycles. The van der Waals surface area contributed by atoms with Crippen LogP contribution < -0.4 is 0 Å². The normalized spacial score (nSPS) is 8.00. The van der Waals surface area contributed by atoms with Gasteiger partial charge in [0, 0.05) is 6.42 Å². The molecule has 0 aliphatic heterocycles. The van der Waals surface area contributed by atoms with Crippen LogP contribution in [-0.2, 0) is 11.2 Å². The van der Waals surface area contributed by atoms with Gasteiger partial charge in [-0.25, -0.2) is 0 Å². The Balaban J connectivity index is 0.000000810. The summed E-state index contributed by atoms with van der Waals surface area (Å²) < 4.78 is 0. The van der Waals surface area contributed by atoms with Crippen molar-refractivity contribution in [3.8, 4) is 0 Å². The van der Waals surface area contributed by atoms with Crippen molar-refractivity contribution in [1.29, 1.82) is 0 Å². The number of benzene rings is 1. The van der Waals surface area contributed by atoms with Crippen LogP contribution in [0.4, 0.5) is 0 Å². The summed E-state index contributed by atoms with van der Waals surface area (Å²) in [4.78, 5) is 9.97. The number of rotatable bonds is 2. The van der Waals surface area contributed by atoms with E-state index in [1.165, 1.54) is 0 Å². The van der Waals surface area contributed by atoms with E-state index in [1.807, 2.05) is 30.3 Å². The number of aldehydes is 1. The standard InChI is InChI=1S/C8H8O.K.H/c9-7-6-8-4-2-1-3-5-8;;/h1-5,7H,6H2;;. The third-order valence-corrected chi connectivity index (χ3v) is 1.16. The molecule has 0 atom stereocenters. The van der Waals surface area contributed by atoms with E-state index < -0.39 is 0 Å². The predicted molar refractivity (Wildman–Crippen MR) is 43.4 cm³/mol. The van der Waals surface area contributed by atoms with Gasteiger partial charge in [0.1, 0.15) is 6.29 Å². The Hall–Kier alpha value is 0.526. The summed E-state index contributed by atoms with van der Waals surface area (Å²) >= 11 is 0. The zero-order valence-electron chi connectivity index (χ0n) is 5.08. The van der Waals surface area contributed by atoms with Crippen molar-refractivity contribution in [1.82, 2.24) is 0 Å². The average Bonchev–Trinajstić information content (AvgIpc) is 1.91. The summed E-state index contributed by atoms with van der Waals surface area (Å²) in [6, 6.07) is 9.68. The fourth-order valence-electron chi connectivity index (χ4n) is 0.710. The van der Waals surface area contributed by atoms with Gasteiger partial charge in [-0.3, -0.25) is 0 Å². The Morgan fingerprint density at radius 2 is 1.80 bits per heavy atom. The molecule has 0 N–H and O–H groups in total. The minimum atomic E-state index is 0. The molecule has 0 heterocycles. The molecule has 1 aromatic rings. The van der Waals surface area contributed by atoms with Crippen molar-refractivity contribution in [2.24, 2.45) is 0 Å². The summed E-state index contributed by atoms with van der Waals surface area (Å²) in [6.07, 6.45) is 1.44. The third-order valence-electron chi connectivity index (χ3n) is 1.16. The zero-order chi connectivity index (χ0) is 6.53. The predicted octanol–water partition coefficient (Wildman–Crippen LogP) is 0.779. The Kier molecular flexibility index (Phi) is 6.58. The van der Waals surface area contributed by atoms with Gasteiger partial charge in [0.25, 0.3) is 0 Å². The first-order valence-electron chi connectivity index (χ1n) is 2.91. The molecule has 0 unspecified atom stereocenters. The van der Waals surface area contributed by atoms with Gasteiger partial charge in [0.05, 0.1) is 0 Å². The Morgan fingerprint density at radius 1 is 1.20 bits per heavy atom. The molecule has 2 heteroatoms. The second-order valence-electron chi connectivity index (χ2n) is 1.86. The van der Waals surface area contributed by atoms with Crippen molar-refractivity contribution >= 4 is 57.7 Å². The molecule has 0 bridgehead atoms. The van der Waals surface area contributed by atoms with Gasteiger partial charge in [-0.15, -0.1) is 0 Å². The van der Waals surface area contributed by atoms with Gasteiger partial charge in [0.15, 0.2) is 0 Å². The Bertz CT molecular complexity index is 184. The molecule has 1 aromatic carbocycles. The van der Waals surface area contributed by atoms with Crippen LogP contribution in [0, 0.1) is 0 Å². The third kappa shape index (κ3) is 3.64. The topological polar surface area (TPSA) is 17.1 Å². The fourth-order valence-corrected chi connectivity index (χ4v) is 0.710. The number of carbonyl (C=O) groups excluding carboxylic acids is 1. The molecular weight excluding hydrogens is 151 g/mol. The number of hydrogen-bond donors (Lipinski definition) is 0. The van der Waals surface area contributed by atoms with E-state index >= 15 is 0 Å². The van der Waals surface area contributed by atoms with E-state index in [0.29, 0.717) is 6.42 Å². The van der Waals surface area contributed by atoms with Crippen molar-refractivity contribution in [2.75, 3.05) is 0 Å². The van der Waals surface area contributed by atoms with Gasteiger partial charge in [-0.2, -0.15) is 0 Å². The van der Waals surface area contributed by atoms with Crippen molar-refractivity contribution < 1.29 is 4.79 Å². The van der Waals surface area contributed by atoms with Crippen LogP contribution in [-0.4, -0.2) is 57.7 Å². The van der Waals surface area contributed by atoms with Crippen molar-refractivity contribution in [3.05, 3.63) is 35.9 Å². The van der Waals surface area contributed by atoms with Crippen molar-refractivity contribution in [3.63, 3.8) is 0 Å². The Morgan fingerprint density at radius 3 is 2.30 bits per heavy atom. The van der Waals surface area contributed by atoms with Gasteiger partial charge < -0.3 is 4.79 Å². The van der Waals surface area contributed by atoms with E-state index in [1.54, 1.807) is 0 Å². The maximum absolute atomic E-state index is 9.97. The van der Waals surface area contributed by atoms with Crippen LogP contribution in [0.15, 0.2) is 30.3 Å². The molecular formula is C8H9KO. The molecule has 0 radical (unpaired) electrons. The van der Waals surface area contributed by atoms with E-state index in [-0.39, 0.29) is 51.4 Å². The summed E-state index contributed by atoms with van der Waals surface area (Å²) in [5, 5.41) is 0. The molecule has 0 spiro atoms. The average molecular weight is 160 g/mol. The van der Waals surface area contributed by atoms with E-state index in [4.69, 9.17) is 0 Å². The fraction of sp³-hybridized carbons (Fsp3) is 0.125. The minimum absolute atomic E-state index is 0. The first-order chi connectivity index (χ1) is 4.43. The molecule has 0 amide bonds. The second kappa shape index (κ2) is 6.25. The van der Waals surface area contributed by atoms with E-state index in [9.17, 15) is 4.79 Å². The van der Waals surface area contributed by atoms with Crippen LogP contribution in [0.25, 0.3) is 0 Å². The van der Waals surface area contributed by atoms with Gasteiger partial charge >= 0.3 is 51.4 Å². The van der Waals surface area contributed by atoms with Crippen LogP contribution in [0.1, 0.15) is 5.56 Å². The summed E-state index contributed by atoms with van der Waals surface area (Å²) in [6.45, 7) is 0. The summed E-state index contributed by atoms with van der Waals surface area (Å²) in [5.74, 6) is 0. The summed E-state index contributed by atoms with van der Waals surface area (Å²) in [5.41, 5.74) is 1.08. The molecule has 0 aliphatic rings. The molecule has 48 valence electrons. The number of carbonyl (C=O) groups is 1. The van der Waals surface area contributed by atoms with Crippen LogP contribution in [0.2, 0.25) is 0 Å². The first-order valence-corrected chi connectivity index (χ1v) is 2.91. The zero-order valence-corrected chi connectivity index (χ0v) is 5.08. The quantitative estimate of drug-likeness (QED) is 0.461. The monoisotopic (exact) mass is 160 g/mol. The van der Waals surface area contributed by atoms with Crippen LogP contribution >= 0.6 is 0 Å². The second-order valence-corrected chi connectivity index (χ2v) is 1.86. The number of hydrogen-bond acceptors (Lipinski definition) is 1. The van der Waals surface area contributed by atoms with E-state index in [2.05, 4.69) is 0 Å². The van der Waals surface area contributed by atoms with Crippen LogP contribution in [0.3, 0.4) is 0 Å². The maximum atomic E-state index is 9.97. The molecule has 0 fully saturated rings. The molecule has 10 heavy (non-hydrogen) atoms.